The molecule has 3 aliphatic rings. The fraction of sp³-hybridized carbons (Fsp3) is 1.00. The molecule has 2 aliphatic heterocycles. The highest BCUT2D eigenvalue weighted by atomic mass is 16.8. The predicted octanol–water partition coefficient (Wildman–Crippen LogP) is 0.881. The van der Waals surface area contributed by atoms with Crippen LogP contribution >= 0.6 is 0 Å². The molecule has 0 bridgehead atoms. The lowest BCUT2D eigenvalue weighted by Crippen LogP contribution is -2.25. The number of aliphatic hydroxyl groups is 1. The molecule has 5 atom stereocenters. The van der Waals surface area contributed by atoms with Gasteiger partial charge in [-0.15, -0.1) is 0 Å². The molecule has 1 saturated carbocycles. The van der Waals surface area contributed by atoms with E-state index in [0.29, 0.717) is 11.8 Å². The average molecular weight is 214 g/mol. The second-order valence-corrected chi connectivity index (χ2v) is 5.29. The van der Waals surface area contributed by atoms with Gasteiger partial charge >= 0.3 is 0 Å². The van der Waals surface area contributed by atoms with Crippen LogP contribution in [-0.2, 0) is 14.2 Å². The first-order chi connectivity index (χ1) is 7.09. The molecule has 2 heterocycles. The third kappa shape index (κ3) is 1.69. The number of ether oxygens (including phenoxy) is 3. The van der Waals surface area contributed by atoms with Crippen LogP contribution in [0.25, 0.3) is 0 Å². The normalized spacial score (nSPS) is 51.8. The summed E-state index contributed by atoms with van der Waals surface area (Å²) in [6, 6.07) is 0. The van der Waals surface area contributed by atoms with Crippen molar-refractivity contribution >= 4 is 0 Å². The van der Waals surface area contributed by atoms with Crippen LogP contribution in [0.1, 0.15) is 26.7 Å². The maximum absolute atomic E-state index is 9.00. The van der Waals surface area contributed by atoms with Gasteiger partial charge in [0.2, 0.25) is 0 Å². The zero-order valence-corrected chi connectivity index (χ0v) is 9.18. The molecule has 0 spiro atoms. The Morgan fingerprint density at radius 3 is 2.60 bits per heavy atom. The summed E-state index contributed by atoms with van der Waals surface area (Å²) in [4.78, 5) is 0. The molecule has 1 aliphatic carbocycles. The maximum atomic E-state index is 9.00. The molecule has 0 amide bonds. The van der Waals surface area contributed by atoms with E-state index < -0.39 is 5.79 Å². The Hall–Kier alpha value is -0.160. The monoisotopic (exact) mass is 214 g/mol. The van der Waals surface area contributed by atoms with Crippen LogP contribution in [0, 0.1) is 11.8 Å². The number of hydrogen-bond acceptors (Lipinski definition) is 4. The second-order valence-electron chi connectivity index (χ2n) is 5.29. The van der Waals surface area contributed by atoms with Crippen LogP contribution in [0.5, 0.6) is 0 Å². The van der Waals surface area contributed by atoms with E-state index in [2.05, 4.69) is 0 Å². The van der Waals surface area contributed by atoms with E-state index in [9.17, 15) is 0 Å². The summed E-state index contributed by atoms with van der Waals surface area (Å²) in [6.07, 6.45) is 2.13. The summed E-state index contributed by atoms with van der Waals surface area (Å²) < 4.78 is 17.2. The fourth-order valence-corrected chi connectivity index (χ4v) is 2.75. The molecule has 86 valence electrons. The van der Waals surface area contributed by atoms with Gasteiger partial charge in [0.25, 0.3) is 0 Å². The van der Waals surface area contributed by atoms with E-state index >= 15 is 0 Å². The van der Waals surface area contributed by atoms with Crippen LogP contribution < -0.4 is 0 Å². The highest BCUT2D eigenvalue weighted by Gasteiger charge is 2.54. The van der Waals surface area contributed by atoms with Crippen molar-refractivity contribution in [1.29, 1.82) is 0 Å². The number of hydrogen-bond donors (Lipinski definition) is 1. The molecule has 0 unspecified atom stereocenters. The van der Waals surface area contributed by atoms with Crippen molar-refractivity contribution in [3.05, 3.63) is 0 Å². The summed E-state index contributed by atoms with van der Waals surface area (Å²) >= 11 is 0. The van der Waals surface area contributed by atoms with Crippen LogP contribution in [0.2, 0.25) is 0 Å². The molecular formula is C11H18O4. The van der Waals surface area contributed by atoms with Crippen LogP contribution in [0.15, 0.2) is 0 Å². The maximum Gasteiger partial charge on any atom is 0.187 e. The first-order valence-corrected chi connectivity index (χ1v) is 5.71. The minimum atomic E-state index is -0.500. The molecule has 0 aromatic rings. The van der Waals surface area contributed by atoms with Crippen molar-refractivity contribution in [3.8, 4) is 0 Å². The van der Waals surface area contributed by atoms with Gasteiger partial charge < -0.3 is 19.3 Å². The molecule has 4 nitrogen and oxygen atoms in total. The van der Waals surface area contributed by atoms with Crippen molar-refractivity contribution in [2.75, 3.05) is 6.61 Å². The number of rotatable bonds is 2. The van der Waals surface area contributed by atoms with Crippen molar-refractivity contribution in [2.24, 2.45) is 11.8 Å². The summed E-state index contributed by atoms with van der Waals surface area (Å²) in [5.41, 5.74) is 0. The minimum absolute atomic E-state index is 0.0879. The Morgan fingerprint density at radius 2 is 2.00 bits per heavy atom. The lowest BCUT2D eigenvalue weighted by Gasteiger charge is -2.20. The highest BCUT2D eigenvalue weighted by molar-refractivity contribution is 4.97. The van der Waals surface area contributed by atoms with Gasteiger partial charge in [0.1, 0.15) is 6.10 Å². The van der Waals surface area contributed by atoms with E-state index in [4.69, 9.17) is 19.3 Å². The molecule has 15 heavy (non-hydrogen) atoms. The lowest BCUT2D eigenvalue weighted by atomic mass is 10.1. The van der Waals surface area contributed by atoms with E-state index in [1.807, 2.05) is 13.8 Å². The van der Waals surface area contributed by atoms with E-state index in [-0.39, 0.29) is 25.1 Å². The predicted molar refractivity (Wildman–Crippen MR) is 52.0 cm³/mol. The number of aliphatic hydroxyl groups excluding tert-OH is 1. The Labute approximate surface area is 89.5 Å². The molecular weight excluding hydrogens is 196 g/mol. The Balaban J connectivity index is 1.59. The van der Waals surface area contributed by atoms with Crippen molar-refractivity contribution in [2.45, 2.75) is 51.0 Å². The topological polar surface area (TPSA) is 47.9 Å². The van der Waals surface area contributed by atoms with Gasteiger partial charge in [-0.25, -0.2) is 0 Å². The van der Waals surface area contributed by atoms with E-state index in [1.165, 1.54) is 0 Å². The molecule has 2 saturated heterocycles. The number of fused-ring (bicyclic) bond motifs is 1. The van der Waals surface area contributed by atoms with Gasteiger partial charge in [0.05, 0.1) is 6.10 Å². The largest absolute Gasteiger partial charge is 0.396 e. The van der Waals surface area contributed by atoms with Crippen LogP contribution in [0.4, 0.5) is 0 Å². The molecule has 1 N–H and O–H groups in total. The summed E-state index contributed by atoms with van der Waals surface area (Å²) in [5.74, 6) is 0.470. The average Bonchev–Trinajstić information content (AvgIpc) is 2.76. The van der Waals surface area contributed by atoms with Gasteiger partial charge in [-0.1, -0.05) is 0 Å². The first kappa shape index (κ1) is 10.0. The zero-order valence-electron chi connectivity index (χ0n) is 9.18. The van der Waals surface area contributed by atoms with Gasteiger partial charge in [-0.2, -0.15) is 0 Å². The standard InChI is InChI=1S/C11H18O4/c1-11(2)14-9-4-8(13-10(9)15-11)7-3-6(7)5-12/h6-10,12H,3-5H2,1-2H3/t6-,7+,8+,9-,10-/m1/s1. The zero-order chi connectivity index (χ0) is 10.6. The Bertz CT molecular complexity index is 249. The molecule has 0 aromatic heterocycles. The van der Waals surface area contributed by atoms with Crippen molar-refractivity contribution < 1.29 is 19.3 Å². The molecule has 3 rings (SSSR count). The summed E-state index contributed by atoms with van der Waals surface area (Å²) in [5, 5.41) is 9.00. The third-order valence-electron chi connectivity index (χ3n) is 3.60. The lowest BCUT2D eigenvalue weighted by molar-refractivity contribution is -0.207. The molecule has 4 heteroatoms. The third-order valence-corrected chi connectivity index (χ3v) is 3.60. The Kier molecular flexibility index (Phi) is 2.12. The van der Waals surface area contributed by atoms with Gasteiger partial charge in [0.15, 0.2) is 12.1 Å². The van der Waals surface area contributed by atoms with Crippen LogP contribution in [0.3, 0.4) is 0 Å². The second kappa shape index (κ2) is 3.17. The first-order valence-electron chi connectivity index (χ1n) is 5.71. The molecule has 3 fully saturated rings. The van der Waals surface area contributed by atoms with Gasteiger partial charge in [-0.3, -0.25) is 0 Å². The van der Waals surface area contributed by atoms with E-state index in [1.54, 1.807) is 0 Å². The van der Waals surface area contributed by atoms with Gasteiger partial charge in [-0.05, 0) is 32.1 Å². The van der Waals surface area contributed by atoms with Gasteiger partial charge in [0, 0.05) is 13.0 Å². The summed E-state index contributed by atoms with van der Waals surface area (Å²) in [7, 11) is 0. The molecule has 0 radical (unpaired) electrons. The Morgan fingerprint density at radius 1 is 1.20 bits per heavy atom. The summed E-state index contributed by atoms with van der Waals surface area (Å²) in [6.45, 7) is 4.11. The molecule has 0 aromatic carbocycles. The SMILES string of the molecule is CC1(C)O[C@H]2O[C@H]([C@H]3C[C@@H]3CO)C[C@H]2O1. The smallest absolute Gasteiger partial charge is 0.187 e. The fourth-order valence-electron chi connectivity index (χ4n) is 2.75. The van der Waals surface area contributed by atoms with Crippen LogP contribution in [-0.4, -0.2) is 36.0 Å². The van der Waals surface area contributed by atoms with Crippen molar-refractivity contribution in [3.63, 3.8) is 0 Å². The highest BCUT2D eigenvalue weighted by Crippen LogP contribution is 2.48. The van der Waals surface area contributed by atoms with Crippen molar-refractivity contribution in [1.82, 2.24) is 0 Å². The van der Waals surface area contributed by atoms with E-state index in [0.717, 1.165) is 12.8 Å². The quantitative estimate of drug-likeness (QED) is 0.741. The minimum Gasteiger partial charge on any atom is -0.396 e.